The van der Waals surface area contributed by atoms with Crippen LogP contribution in [-0.4, -0.2) is 27.5 Å². The molecule has 6 nitrogen and oxygen atoms in total. The van der Waals surface area contributed by atoms with Gasteiger partial charge in [0.1, 0.15) is 5.82 Å². The molecule has 3 rings (SSSR count). The number of hydrogen-bond donors (Lipinski definition) is 1. The van der Waals surface area contributed by atoms with Crippen molar-refractivity contribution >= 4 is 22.6 Å². The van der Waals surface area contributed by atoms with Crippen LogP contribution in [0, 0.1) is 0 Å². The van der Waals surface area contributed by atoms with Crippen LogP contribution in [0.1, 0.15) is 29.9 Å². The predicted octanol–water partition coefficient (Wildman–Crippen LogP) is 5.20. The zero-order chi connectivity index (χ0) is 24.7. The first-order valence-electron chi connectivity index (χ1n) is 9.49. The van der Waals surface area contributed by atoms with Crippen LogP contribution in [0.5, 0.6) is 0 Å². The first-order chi connectivity index (χ1) is 15.2. The summed E-state index contributed by atoms with van der Waals surface area (Å²) in [5, 5.41) is 2.41. The highest BCUT2D eigenvalue weighted by Crippen LogP contribution is 2.37. The summed E-state index contributed by atoms with van der Waals surface area (Å²) in [6, 6.07) is 5.49. The molecule has 0 aliphatic heterocycles. The summed E-state index contributed by atoms with van der Waals surface area (Å²) in [6.07, 6.45) is -10.1. The molecule has 1 unspecified atom stereocenters. The van der Waals surface area contributed by atoms with Crippen LogP contribution in [0.4, 0.5) is 36.8 Å². The second kappa shape index (κ2) is 8.41. The number of rotatable bonds is 3. The second-order valence-corrected chi connectivity index (χ2v) is 7.36. The Hall–Kier alpha value is -3.57. The number of amides is 2. The van der Waals surface area contributed by atoms with Gasteiger partial charge in [-0.3, -0.25) is 9.36 Å². The number of para-hydroxylation sites is 1. The van der Waals surface area contributed by atoms with Crippen molar-refractivity contribution in [2.45, 2.75) is 25.3 Å². The van der Waals surface area contributed by atoms with Gasteiger partial charge in [0.2, 0.25) is 0 Å². The number of anilines is 1. The SMILES string of the molecule is CC(c1nc2ccccc2c(=O)n1C)N(C)C(=O)Nc1cc(C(F)(F)F)cc(C(F)(F)F)c1. The van der Waals surface area contributed by atoms with E-state index in [-0.39, 0.29) is 17.5 Å². The summed E-state index contributed by atoms with van der Waals surface area (Å²) in [5.41, 5.74) is -3.78. The van der Waals surface area contributed by atoms with Gasteiger partial charge in [-0.25, -0.2) is 9.78 Å². The number of nitrogens with one attached hydrogen (secondary N) is 1. The molecule has 0 saturated heterocycles. The molecule has 12 heteroatoms. The van der Waals surface area contributed by atoms with Crippen molar-refractivity contribution in [2.75, 3.05) is 12.4 Å². The molecule has 0 aliphatic rings. The van der Waals surface area contributed by atoms with Crippen LogP contribution in [0.3, 0.4) is 0 Å². The molecule has 2 amide bonds. The topological polar surface area (TPSA) is 67.2 Å². The number of carbonyl (C=O) groups excluding carboxylic acids is 1. The lowest BCUT2D eigenvalue weighted by Gasteiger charge is -2.26. The number of halogens is 6. The molecule has 1 heterocycles. The number of carbonyl (C=O) groups is 1. The molecular weight excluding hydrogens is 454 g/mol. The van der Waals surface area contributed by atoms with Crippen LogP contribution >= 0.6 is 0 Å². The third-order valence-electron chi connectivity index (χ3n) is 5.13. The van der Waals surface area contributed by atoms with Gasteiger partial charge in [0.25, 0.3) is 5.56 Å². The molecule has 0 radical (unpaired) electrons. The average molecular weight is 472 g/mol. The molecular formula is C21H18F6N4O2. The van der Waals surface area contributed by atoms with Crippen molar-refractivity contribution in [3.63, 3.8) is 0 Å². The van der Waals surface area contributed by atoms with E-state index in [9.17, 15) is 35.9 Å². The molecule has 1 aromatic heterocycles. The number of fused-ring (bicyclic) bond motifs is 1. The van der Waals surface area contributed by atoms with Crippen molar-refractivity contribution in [3.05, 3.63) is 69.8 Å². The van der Waals surface area contributed by atoms with Crippen LogP contribution < -0.4 is 10.9 Å². The second-order valence-electron chi connectivity index (χ2n) is 7.36. The van der Waals surface area contributed by atoms with Crippen molar-refractivity contribution in [1.29, 1.82) is 0 Å². The Balaban J connectivity index is 1.93. The zero-order valence-corrected chi connectivity index (χ0v) is 17.5. The first kappa shape index (κ1) is 24.1. The number of hydrogen-bond acceptors (Lipinski definition) is 3. The standard InChI is InChI=1S/C21H18F6N4O2/c1-11(17-29-16-7-5-4-6-15(16)18(32)31(17)3)30(2)19(33)28-14-9-12(20(22,23)24)8-13(10-14)21(25,26)27/h4-11H,1-3H3,(H,28,33). The number of nitrogens with zero attached hydrogens (tertiary/aromatic N) is 3. The highest BCUT2D eigenvalue weighted by atomic mass is 19.4. The predicted molar refractivity (Wildman–Crippen MR) is 109 cm³/mol. The summed E-state index contributed by atoms with van der Waals surface area (Å²) < 4.78 is 79.6. The first-order valence-corrected chi connectivity index (χ1v) is 9.49. The van der Waals surface area contributed by atoms with E-state index in [1.165, 1.54) is 25.6 Å². The van der Waals surface area contributed by atoms with Gasteiger partial charge in [-0.05, 0) is 37.3 Å². The Morgan fingerprint density at radius 1 is 1.03 bits per heavy atom. The summed E-state index contributed by atoms with van der Waals surface area (Å²) in [6.45, 7) is 1.52. The highest BCUT2D eigenvalue weighted by Gasteiger charge is 2.37. The van der Waals surface area contributed by atoms with Crippen LogP contribution in [0.15, 0.2) is 47.3 Å². The fourth-order valence-corrected chi connectivity index (χ4v) is 3.20. The Morgan fingerprint density at radius 2 is 1.58 bits per heavy atom. The minimum Gasteiger partial charge on any atom is -0.318 e. The van der Waals surface area contributed by atoms with Crippen molar-refractivity contribution in [1.82, 2.24) is 14.5 Å². The molecule has 0 spiro atoms. The minimum atomic E-state index is -5.05. The van der Waals surface area contributed by atoms with Crippen molar-refractivity contribution < 1.29 is 31.1 Å². The van der Waals surface area contributed by atoms with Crippen LogP contribution in [0.25, 0.3) is 10.9 Å². The molecule has 1 N–H and O–H groups in total. The minimum absolute atomic E-state index is 0.0310. The Bertz CT molecular complexity index is 1230. The van der Waals surface area contributed by atoms with Gasteiger partial charge in [0.15, 0.2) is 0 Å². The third-order valence-corrected chi connectivity index (χ3v) is 5.13. The molecule has 0 fully saturated rings. The van der Waals surface area contributed by atoms with Crippen LogP contribution in [0.2, 0.25) is 0 Å². The summed E-state index contributed by atoms with van der Waals surface area (Å²) in [4.78, 5) is 30.6. The van der Waals surface area contributed by atoms with Gasteiger partial charge >= 0.3 is 18.4 Å². The van der Waals surface area contributed by atoms with E-state index in [4.69, 9.17) is 0 Å². The summed E-state index contributed by atoms with van der Waals surface area (Å²) in [5.74, 6) is 0.177. The van der Waals surface area contributed by atoms with Gasteiger partial charge in [0.05, 0.1) is 28.1 Å². The maximum Gasteiger partial charge on any atom is 0.416 e. The molecule has 0 bridgehead atoms. The lowest BCUT2D eigenvalue weighted by atomic mass is 10.1. The van der Waals surface area contributed by atoms with E-state index in [0.717, 1.165) is 4.90 Å². The Labute approximate surface area is 183 Å². The zero-order valence-electron chi connectivity index (χ0n) is 17.5. The van der Waals surface area contributed by atoms with Crippen LogP contribution in [-0.2, 0) is 19.4 Å². The van der Waals surface area contributed by atoms with E-state index in [2.05, 4.69) is 10.3 Å². The van der Waals surface area contributed by atoms with Gasteiger partial charge < -0.3 is 10.2 Å². The molecule has 2 aromatic carbocycles. The quantitative estimate of drug-likeness (QED) is 0.533. The Morgan fingerprint density at radius 3 is 2.12 bits per heavy atom. The van der Waals surface area contributed by atoms with Gasteiger partial charge in [-0.2, -0.15) is 26.3 Å². The molecule has 3 aromatic rings. The highest BCUT2D eigenvalue weighted by molar-refractivity contribution is 5.89. The average Bonchev–Trinajstić information content (AvgIpc) is 2.73. The number of alkyl halides is 6. The fraction of sp³-hybridized carbons (Fsp3) is 0.286. The molecule has 176 valence electrons. The monoisotopic (exact) mass is 472 g/mol. The van der Waals surface area contributed by atoms with E-state index in [1.54, 1.807) is 24.3 Å². The van der Waals surface area contributed by atoms with Crippen molar-refractivity contribution in [2.24, 2.45) is 7.05 Å². The molecule has 0 saturated carbocycles. The maximum absolute atomic E-state index is 13.1. The molecule has 1 atom stereocenters. The Kier molecular flexibility index (Phi) is 6.14. The van der Waals surface area contributed by atoms with Gasteiger partial charge in [-0.15, -0.1) is 0 Å². The molecule has 0 aliphatic carbocycles. The lowest BCUT2D eigenvalue weighted by Crippen LogP contribution is -2.37. The summed E-state index contributed by atoms with van der Waals surface area (Å²) >= 11 is 0. The smallest absolute Gasteiger partial charge is 0.318 e. The van der Waals surface area contributed by atoms with Gasteiger partial charge in [0, 0.05) is 19.8 Å². The van der Waals surface area contributed by atoms with E-state index < -0.39 is 41.2 Å². The number of aromatic nitrogens is 2. The number of urea groups is 1. The van der Waals surface area contributed by atoms with E-state index >= 15 is 0 Å². The molecule has 33 heavy (non-hydrogen) atoms. The third kappa shape index (κ3) is 4.94. The largest absolute Gasteiger partial charge is 0.416 e. The van der Waals surface area contributed by atoms with Crippen molar-refractivity contribution in [3.8, 4) is 0 Å². The maximum atomic E-state index is 13.1. The normalized spacial score (nSPS) is 13.1. The van der Waals surface area contributed by atoms with E-state index in [0.29, 0.717) is 23.0 Å². The van der Waals surface area contributed by atoms with Gasteiger partial charge in [-0.1, -0.05) is 12.1 Å². The van der Waals surface area contributed by atoms with E-state index in [1.807, 2.05) is 0 Å². The fourth-order valence-electron chi connectivity index (χ4n) is 3.20. The number of benzene rings is 2. The lowest BCUT2D eigenvalue weighted by molar-refractivity contribution is -0.143. The summed E-state index contributed by atoms with van der Waals surface area (Å²) in [7, 11) is 2.72.